The summed E-state index contributed by atoms with van der Waals surface area (Å²) in [5.41, 5.74) is -0.438. The molecule has 0 radical (unpaired) electrons. The van der Waals surface area contributed by atoms with Crippen LogP contribution in [-0.4, -0.2) is 18.3 Å². The number of hydrogen-bond acceptors (Lipinski definition) is 4. The van der Waals surface area contributed by atoms with Crippen molar-refractivity contribution in [3.63, 3.8) is 0 Å². The molecule has 0 saturated carbocycles. The smallest absolute Gasteiger partial charge is 0.248 e. The number of hydrogen-bond donors (Lipinski definition) is 0. The Balaban J connectivity index is 2.70. The molecule has 9 heteroatoms. The maximum atomic E-state index is 13.2. The van der Waals surface area contributed by atoms with E-state index in [2.05, 4.69) is 9.98 Å². The average molecular weight is 286 g/mol. The monoisotopic (exact) mass is 286 g/mol. The van der Waals surface area contributed by atoms with Crippen molar-refractivity contribution < 1.29 is 22.0 Å². The van der Waals surface area contributed by atoms with Crippen molar-refractivity contribution in [2.24, 2.45) is 9.98 Å². The van der Waals surface area contributed by atoms with Gasteiger partial charge in [-0.2, -0.15) is 32.5 Å². The summed E-state index contributed by atoms with van der Waals surface area (Å²) in [7, 11) is 0. The lowest BCUT2D eigenvalue weighted by Crippen LogP contribution is -2.45. The van der Waals surface area contributed by atoms with Gasteiger partial charge in [0, 0.05) is 0 Å². The molecule has 1 aromatic rings. The van der Waals surface area contributed by atoms with Gasteiger partial charge in [0.1, 0.15) is 22.9 Å². The van der Waals surface area contributed by atoms with E-state index in [1.165, 1.54) is 0 Å². The van der Waals surface area contributed by atoms with Gasteiger partial charge in [0.2, 0.25) is 6.17 Å². The Morgan fingerprint density at radius 2 is 1.30 bits per heavy atom. The van der Waals surface area contributed by atoms with Crippen molar-refractivity contribution >= 4 is 0 Å². The number of halogens is 5. The molecule has 0 aromatic heterocycles. The maximum Gasteiger partial charge on any atom is 0.457 e. The molecule has 1 aliphatic rings. The Hall–Kier alpha value is -2.55. The Kier molecular flexibility index (Phi) is 2.94. The third kappa shape index (κ3) is 1.88. The molecule has 102 valence electrons. The highest BCUT2D eigenvalue weighted by Crippen LogP contribution is 2.39. The summed E-state index contributed by atoms with van der Waals surface area (Å²) >= 11 is 0. The fourth-order valence-corrected chi connectivity index (χ4v) is 1.60. The van der Waals surface area contributed by atoms with Crippen LogP contribution in [0.25, 0.3) is 0 Å². The first-order valence-electron chi connectivity index (χ1n) is 5.06. The first-order chi connectivity index (χ1) is 9.22. The minimum absolute atomic E-state index is 0.219. The van der Waals surface area contributed by atoms with Gasteiger partial charge in [-0.15, -0.1) is 0 Å². The largest absolute Gasteiger partial charge is 0.457 e. The predicted molar refractivity (Wildman–Crippen MR) is 53.0 cm³/mol. The van der Waals surface area contributed by atoms with Crippen LogP contribution in [0.3, 0.4) is 0 Å². The van der Waals surface area contributed by atoms with Gasteiger partial charge < -0.3 is 0 Å². The predicted octanol–water partition coefficient (Wildman–Crippen LogP) is 1.21. The highest BCUT2D eigenvalue weighted by Gasteiger charge is 2.63. The molecule has 0 unspecified atom stereocenters. The summed E-state index contributed by atoms with van der Waals surface area (Å²) in [5, 5.41) is 16.7. The third-order valence-electron chi connectivity index (χ3n) is 2.60. The lowest BCUT2D eigenvalue weighted by atomic mass is 10.1. The normalized spacial score (nSPS) is 14.8. The molecule has 0 fully saturated rings. The van der Waals surface area contributed by atoms with Crippen molar-refractivity contribution in [2.75, 3.05) is 0 Å². The molecule has 1 aromatic carbocycles. The SMILES string of the molecule is N#Cc1ccc(C#N)c2c1=NC(C(F)(F)C(F)(F)F)N=2. The Bertz CT molecular complexity index is 713. The number of fused-ring (bicyclic) bond motifs is 1. The summed E-state index contributed by atoms with van der Waals surface area (Å²) in [6, 6.07) is 5.43. The van der Waals surface area contributed by atoms with Crippen LogP contribution in [0.4, 0.5) is 22.0 Å². The fraction of sp³-hybridized carbons (Fsp3) is 0.273. The second-order valence-corrected chi connectivity index (χ2v) is 3.83. The molecule has 0 spiro atoms. The average Bonchev–Trinajstić information content (AvgIpc) is 2.81. The molecule has 1 heterocycles. The van der Waals surface area contributed by atoms with Gasteiger partial charge in [0.15, 0.2) is 0 Å². The number of rotatable bonds is 1. The van der Waals surface area contributed by atoms with Crippen molar-refractivity contribution in [1.29, 1.82) is 10.5 Å². The summed E-state index contributed by atoms with van der Waals surface area (Å²) in [6.07, 6.45) is -8.55. The molecule has 0 aliphatic carbocycles. The summed E-state index contributed by atoms with van der Waals surface area (Å²) in [5.74, 6) is -5.18. The first-order valence-corrected chi connectivity index (χ1v) is 5.06. The molecule has 4 nitrogen and oxygen atoms in total. The lowest BCUT2D eigenvalue weighted by molar-refractivity contribution is -0.288. The number of alkyl halides is 5. The van der Waals surface area contributed by atoms with Crippen LogP contribution in [-0.2, 0) is 0 Å². The molecule has 0 bridgehead atoms. The molecule has 20 heavy (non-hydrogen) atoms. The lowest BCUT2D eigenvalue weighted by Gasteiger charge is -2.21. The van der Waals surface area contributed by atoms with Crippen LogP contribution in [0.15, 0.2) is 22.1 Å². The van der Waals surface area contributed by atoms with Gasteiger partial charge in [-0.25, -0.2) is 9.98 Å². The van der Waals surface area contributed by atoms with E-state index in [0.29, 0.717) is 0 Å². The molecular weight excluding hydrogens is 283 g/mol. The van der Waals surface area contributed by atoms with Gasteiger partial charge in [-0.1, -0.05) is 0 Å². The number of nitrogens with zero attached hydrogens (tertiary/aromatic N) is 4. The third-order valence-corrected chi connectivity index (χ3v) is 2.60. The van der Waals surface area contributed by atoms with Gasteiger partial charge in [-0.05, 0) is 12.1 Å². The molecule has 0 N–H and O–H groups in total. The first kappa shape index (κ1) is 13.9. The van der Waals surface area contributed by atoms with Gasteiger partial charge in [0.05, 0.1) is 11.1 Å². The molecule has 2 rings (SSSR count). The molecule has 0 amide bonds. The van der Waals surface area contributed by atoms with Crippen molar-refractivity contribution in [3.05, 3.63) is 34.0 Å². The highest BCUT2D eigenvalue weighted by molar-refractivity contribution is 5.37. The van der Waals surface area contributed by atoms with Crippen LogP contribution in [0.1, 0.15) is 11.1 Å². The molecule has 1 aliphatic heterocycles. The van der Waals surface area contributed by atoms with Crippen LogP contribution in [0.5, 0.6) is 0 Å². The minimum Gasteiger partial charge on any atom is -0.248 e. The van der Waals surface area contributed by atoms with Gasteiger partial charge in [-0.3, -0.25) is 0 Å². The van der Waals surface area contributed by atoms with E-state index in [1.807, 2.05) is 0 Å². The van der Waals surface area contributed by atoms with E-state index in [4.69, 9.17) is 10.5 Å². The molecule has 0 saturated heterocycles. The second-order valence-electron chi connectivity index (χ2n) is 3.83. The minimum atomic E-state index is -5.83. The topological polar surface area (TPSA) is 72.3 Å². The summed E-state index contributed by atoms with van der Waals surface area (Å²) in [4.78, 5) is 6.32. The molecule has 0 atom stereocenters. The van der Waals surface area contributed by atoms with E-state index in [0.717, 1.165) is 12.1 Å². The van der Waals surface area contributed by atoms with Gasteiger partial charge >= 0.3 is 12.1 Å². The summed E-state index contributed by atoms with van der Waals surface area (Å²) in [6.45, 7) is 0. The van der Waals surface area contributed by atoms with Crippen molar-refractivity contribution in [2.45, 2.75) is 18.3 Å². The van der Waals surface area contributed by atoms with Crippen LogP contribution in [0.2, 0.25) is 0 Å². The fourth-order valence-electron chi connectivity index (χ4n) is 1.60. The number of benzene rings is 1. The maximum absolute atomic E-state index is 13.2. The van der Waals surface area contributed by atoms with Crippen LogP contribution in [0, 0.1) is 22.7 Å². The zero-order valence-corrected chi connectivity index (χ0v) is 9.41. The number of nitriles is 2. The van der Waals surface area contributed by atoms with Crippen LogP contribution < -0.4 is 10.7 Å². The zero-order valence-electron chi connectivity index (χ0n) is 9.41. The molecular formula is C11H3F5N4. The van der Waals surface area contributed by atoms with E-state index in [-0.39, 0.29) is 11.1 Å². The van der Waals surface area contributed by atoms with E-state index < -0.39 is 29.0 Å². The van der Waals surface area contributed by atoms with E-state index in [9.17, 15) is 22.0 Å². The highest BCUT2D eigenvalue weighted by atomic mass is 19.4. The Morgan fingerprint density at radius 3 is 1.60 bits per heavy atom. The Morgan fingerprint density at radius 1 is 0.900 bits per heavy atom. The van der Waals surface area contributed by atoms with Crippen LogP contribution >= 0.6 is 0 Å². The second kappa shape index (κ2) is 4.23. The quantitative estimate of drug-likeness (QED) is 0.728. The Labute approximate surface area is 108 Å². The zero-order chi connectivity index (χ0) is 15.1. The van der Waals surface area contributed by atoms with Crippen molar-refractivity contribution in [3.8, 4) is 12.1 Å². The van der Waals surface area contributed by atoms with Gasteiger partial charge in [0.25, 0.3) is 0 Å². The summed E-state index contributed by atoms with van der Waals surface area (Å²) < 4.78 is 63.2. The van der Waals surface area contributed by atoms with E-state index >= 15 is 0 Å². The van der Waals surface area contributed by atoms with Crippen molar-refractivity contribution in [1.82, 2.24) is 0 Å². The standard InChI is InChI=1S/C11H3F5N4/c12-10(13,11(14,15)16)9-19-7-5(3-17)1-2-6(4-18)8(7)20-9/h1-2,9H. The van der Waals surface area contributed by atoms with E-state index in [1.54, 1.807) is 12.1 Å².